The van der Waals surface area contributed by atoms with Gasteiger partial charge in [0.2, 0.25) is 6.41 Å². The van der Waals surface area contributed by atoms with Gasteiger partial charge in [-0.15, -0.1) is 0 Å². The summed E-state index contributed by atoms with van der Waals surface area (Å²) in [6.07, 6.45) is 1.84. The van der Waals surface area contributed by atoms with E-state index in [2.05, 4.69) is 30.4 Å². The zero-order chi connectivity index (χ0) is 13.9. The molecule has 1 aliphatic heterocycles. The van der Waals surface area contributed by atoms with Crippen LogP contribution >= 0.6 is 0 Å². The zero-order valence-electron chi connectivity index (χ0n) is 11.5. The summed E-state index contributed by atoms with van der Waals surface area (Å²) in [6.45, 7) is 2.09. The molecule has 1 heterocycles. The standard InChI is InChI=1S/C17H18N2O/c1-13-11-16(18-14-7-3-2-4-8-14)15-9-5-6-10-17(15)19(13)12-20/h2-10,12-13,16,18H,11H2,1H3. The van der Waals surface area contributed by atoms with E-state index in [0.29, 0.717) is 0 Å². The second-order valence-electron chi connectivity index (χ2n) is 5.22. The Labute approximate surface area is 119 Å². The van der Waals surface area contributed by atoms with E-state index in [0.717, 1.165) is 24.2 Å². The Kier molecular flexibility index (Phi) is 3.42. The highest BCUT2D eigenvalue weighted by atomic mass is 16.1. The quantitative estimate of drug-likeness (QED) is 0.861. The summed E-state index contributed by atoms with van der Waals surface area (Å²) in [5, 5.41) is 3.57. The maximum Gasteiger partial charge on any atom is 0.214 e. The van der Waals surface area contributed by atoms with Crippen molar-refractivity contribution in [1.29, 1.82) is 0 Å². The monoisotopic (exact) mass is 266 g/mol. The van der Waals surface area contributed by atoms with Crippen LogP contribution in [0.3, 0.4) is 0 Å². The zero-order valence-corrected chi connectivity index (χ0v) is 11.5. The summed E-state index contributed by atoms with van der Waals surface area (Å²) < 4.78 is 0. The smallest absolute Gasteiger partial charge is 0.214 e. The molecule has 2 aromatic carbocycles. The van der Waals surface area contributed by atoms with Crippen molar-refractivity contribution in [2.75, 3.05) is 10.2 Å². The molecule has 0 radical (unpaired) electrons. The van der Waals surface area contributed by atoms with Crippen molar-refractivity contribution >= 4 is 17.8 Å². The summed E-state index contributed by atoms with van der Waals surface area (Å²) in [7, 11) is 0. The van der Waals surface area contributed by atoms with Crippen LogP contribution in [0.2, 0.25) is 0 Å². The summed E-state index contributed by atoms with van der Waals surface area (Å²) >= 11 is 0. The maximum atomic E-state index is 11.3. The number of carbonyl (C=O) groups is 1. The SMILES string of the molecule is CC1CC(Nc2ccccc2)c2ccccc2N1C=O. The lowest BCUT2D eigenvalue weighted by molar-refractivity contribution is -0.107. The molecular weight excluding hydrogens is 248 g/mol. The Balaban J connectivity index is 1.95. The molecule has 2 unspecified atom stereocenters. The number of hydrogen-bond acceptors (Lipinski definition) is 2. The van der Waals surface area contributed by atoms with Crippen LogP contribution in [0.25, 0.3) is 0 Å². The van der Waals surface area contributed by atoms with Crippen LogP contribution in [0, 0.1) is 0 Å². The van der Waals surface area contributed by atoms with Crippen LogP contribution < -0.4 is 10.2 Å². The van der Waals surface area contributed by atoms with E-state index in [-0.39, 0.29) is 12.1 Å². The molecular formula is C17H18N2O. The Morgan fingerprint density at radius 3 is 2.55 bits per heavy atom. The number of benzene rings is 2. The molecule has 1 amide bonds. The van der Waals surface area contributed by atoms with Crippen LogP contribution in [-0.2, 0) is 4.79 Å². The minimum Gasteiger partial charge on any atom is -0.378 e. The van der Waals surface area contributed by atoms with Gasteiger partial charge >= 0.3 is 0 Å². The number of para-hydroxylation sites is 2. The first-order valence-electron chi connectivity index (χ1n) is 6.93. The first-order valence-corrected chi connectivity index (χ1v) is 6.93. The summed E-state index contributed by atoms with van der Waals surface area (Å²) in [5.74, 6) is 0. The second-order valence-corrected chi connectivity index (χ2v) is 5.22. The van der Waals surface area contributed by atoms with Gasteiger partial charge in [0.1, 0.15) is 0 Å². The molecule has 0 saturated carbocycles. The van der Waals surface area contributed by atoms with Gasteiger partial charge in [0.05, 0.1) is 6.04 Å². The average molecular weight is 266 g/mol. The third kappa shape index (κ3) is 2.27. The van der Waals surface area contributed by atoms with Crippen LogP contribution in [0.1, 0.15) is 24.9 Å². The van der Waals surface area contributed by atoms with Crippen molar-refractivity contribution in [1.82, 2.24) is 0 Å². The van der Waals surface area contributed by atoms with Gasteiger partial charge in [-0.05, 0) is 37.1 Å². The molecule has 20 heavy (non-hydrogen) atoms. The molecule has 1 aliphatic rings. The third-order valence-electron chi connectivity index (χ3n) is 3.87. The lowest BCUT2D eigenvalue weighted by Crippen LogP contribution is -2.39. The second kappa shape index (κ2) is 5.37. The van der Waals surface area contributed by atoms with E-state index in [9.17, 15) is 4.79 Å². The number of nitrogens with one attached hydrogen (secondary N) is 1. The van der Waals surface area contributed by atoms with E-state index < -0.39 is 0 Å². The molecule has 2 atom stereocenters. The fourth-order valence-corrected chi connectivity index (χ4v) is 2.87. The first kappa shape index (κ1) is 12.7. The minimum atomic E-state index is 0.198. The molecule has 0 spiro atoms. The van der Waals surface area contributed by atoms with Gasteiger partial charge in [-0.3, -0.25) is 4.79 Å². The Morgan fingerprint density at radius 2 is 1.80 bits per heavy atom. The molecule has 3 rings (SSSR count). The van der Waals surface area contributed by atoms with Crippen LogP contribution in [0.15, 0.2) is 54.6 Å². The van der Waals surface area contributed by atoms with Crippen LogP contribution in [-0.4, -0.2) is 12.5 Å². The van der Waals surface area contributed by atoms with Crippen LogP contribution in [0.5, 0.6) is 0 Å². The van der Waals surface area contributed by atoms with Crippen molar-refractivity contribution in [2.45, 2.75) is 25.4 Å². The van der Waals surface area contributed by atoms with Crippen molar-refractivity contribution < 1.29 is 4.79 Å². The van der Waals surface area contributed by atoms with Crippen molar-refractivity contribution in [3.05, 3.63) is 60.2 Å². The van der Waals surface area contributed by atoms with Gasteiger partial charge < -0.3 is 10.2 Å². The Bertz CT molecular complexity index is 597. The first-order chi connectivity index (χ1) is 9.79. The Morgan fingerprint density at radius 1 is 1.10 bits per heavy atom. The highest BCUT2D eigenvalue weighted by Gasteiger charge is 2.29. The highest BCUT2D eigenvalue weighted by Crippen LogP contribution is 2.37. The molecule has 0 aromatic heterocycles. The molecule has 3 heteroatoms. The number of anilines is 2. The normalized spacial score (nSPS) is 21.1. The van der Waals surface area contributed by atoms with Crippen molar-refractivity contribution in [3.8, 4) is 0 Å². The van der Waals surface area contributed by atoms with Gasteiger partial charge in [0.25, 0.3) is 0 Å². The van der Waals surface area contributed by atoms with Gasteiger partial charge in [-0.25, -0.2) is 0 Å². The predicted molar refractivity (Wildman–Crippen MR) is 81.9 cm³/mol. The van der Waals surface area contributed by atoms with E-state index in [1.54, 1.807) is 0 Å². The predicted octanol–water partition coefficient (Wildman–Crippen LogP) is 3.59. The maximum absolute atomic E-state index is 11.3. The summed E-state index contributed by atoms with van der Waals surface area (Å²) in [4.78, 5) is 13.1. The molecule has 0 bridgehead atoms. The number of amides is 1. The molecule has 1 N–H and O–H groups in total. The number of carbonyl (C=O) groups excluding carboxylic acids is 1. The summed E-state index contributed by atoms with van der Waals surface area (Å²) in [5.41, 5.74) is 3.30. The topological polar surface area (TPSA) is 32.3 Å². The lowest BCUT2D eigenvalue weighted by Gasteiger charge is -2.37. The molecule has 102 valence electrons. The van der Waals surface area contributed by atoms with Gasteiger partial charge in [0.15, 0.2) is 0 Å². The fourth-order valence-electron chi connectivity index (χ4n) is 2.87. The Hall–Kier alpha value is -2.29. The van der Waals surface area contributed by atoms with E-state index >= 15 is 0 Å². The van der Waals surface area contributed by atoms with E-state index in [4.69, 9.17) is 0 Å². The van der Waals surface area contributed by atoms with E-state index in [1.165, 1.54) is 5.56 Å². The number of hydrogen-bond donors (Lipinski definition) is 1. The summed E-state index contributed by atoms with van der Waals surface area (Å²) in [6, 6.07) is 18.7. The van der Waals surface area contributed by atoms with Crippen molar-refractivity contribution in [3.63, 3.8) is 0 Å². The molecule has 0 saturated heterocycles. The van der Waals surface area contributed by atoms with Gasteiger partial charge in [-0.2, -0.15) is 0 Å². The van der Waals surface area contributed by atoms with Gasteiger partial charge in [0, 0.05) is 17.4 Å². The molecule has 0 fully saturated rings. The van der Waals surface area contributed by atoms with Crippen LogP contribution in [0.4, 0.5) is 11.4 Å². The molecule has 0 aliphatic carbocycles. The third-order valence-corrected chi connectivity index (χ3v) is 3.87. The van der Waals surface area contributed by atoms with Crippen molar-refractivity contribution in [2.24, 2.45) is 0 Å². The minimum absolute atomic E-state index is 0.198. The number of nitrogens with zero attached hydrogens (tertiary/aromatic N) is 1. The van der Waals surface area contributed by atoms with Gasteiger partial charge in [-0.1, -0.05) is 36.4 Å². The number of fused-ring (bicyclic) bond motifs is 1. The molecule has 2 aromatic rings. The average Bonchev–Trinajstić information content (AvgIpc) is 2.49. The lowest BCUT2D eigenvalue weighted by atomic mass is 9.92. The highest BCUT2D eigenvalue weighted by molar-refractivity contribution is 5.79. The molecule has 3 nitrogen and oxygen atoms in total. The largest absolute Gasteiger partial charge is 0.378 e. The number of rotatable bonds is 3. The van der Waals surface area contributed by atoms with E-state index in [1.807, 2.05) is 41.3 Å². The fraction of sp³-hybridized carbons (Fsp3) is 0.235.